The molecule has 1 saturated heterocycles. The summed E-state index contributed by atoms with van der Waals surface area (Å²) in [7, 11) is 0. The first-order chi connectivity index (χ1) is 9.06. The normalized spacial score (nSPS) is 16.4. The molecule has 104 valence electrons. The van der Waals surface area contributed by atoms with Gasteiger partial charge in [0.25, 0.3) is 0 Å². The second kappa shape index (κ2) is 6.38. The molecule has 5 nitrogen and oxygen atoms in total. The lowest BCUT2D eigenvalue weighted by Gasteiger charge is -2.19. The van der Waals surface area contributed by atoms with Gasteiger partial charge in [-0.25, -0.2) is 0 Å². The van der Waals surface area contributed by atoms with Crippen LogP contribution in [0.1, 0.15) is 25.5 Å². The van der Waals surface area contributed by atoms with Crippen LogP contribution in [0.2, 0.25) is 0 Å². The molecule has 1 fully saturated rings. The standard InChI is InChI=1S/C12H17N3O2S2/c1-8-7-10(17-14-8)13-11(16)9(2)19-12(18)15-5-3-4-6-15/h7,9H,3-6H2,1-2H3,(H,13,16)/t9-/m0/s1. The number of thiocarbonyl (C=S) groups is 1. The number of anilines is 1. The van der Waals surface area contributed by atoms with Crippen LogP contribution in [-0.4, -0.2) is 38.6 Å². The zero-order valence-corrected chi connectivity index (χ0v) is 12.6. The van der Waals surface area contributed by atoms with Crippen LogP contribution in [0.15, 0.2) is 10.6 Å². The third-order valence-electron chi connectivity index (χ3n) is 2.89. The Labute approximate surface area is 122 Å². The number of nitrogens with one attached hydrogen (secondary N) is 1. The Morgan fingerprint density at radius 1 is 1.58 bits per heavy atom. The highest BCUT2D eigenvalue weighted by atomic mass is 32.2. The Bertz CT molecular complexity index is 469. The zero-order valence-electron chi connectivity index (χ0n) is 11.0. The maximum absolute atomic E-state index is 12.0. The van der Waals surface area contributed by atoms with E-state index in [1.807, 2.05) is 6.92 Å². The molecule has 0 aromatic carbocycles. The van der Waals surface area contributed by atoms with Crippen molar-refractivity contribution in [3.05, 3.63) is 11.8 Å². The maximum atomic E-state index is 12.0. The van der Waals surface area contributed by atoms with E-state index in [2.05, 4.69) is 15.4 Å². The number of likely N-dealkylation sites (tertiary alicyclic amines) is 1. The Morgan fingerprint density at radius 3 is 2.84 bits per heavy atom. The Kier molecular flexibility index (Phi) is 4.81. The number of hydrogen-bond donors (Lipinski definition) is 1. The molecule has 0 aliphatic carbocycles. The molecule has 0 saturated carbocycles. The quantitative estimate of drug-likeness (QED) is 0.865. The lowest BCUT2D eigenvalue weighted by atomic mass is 10.4. The van der Waals surface area contributed by atoms with Crippen LogP contribution in [0, 0.1) is 6.92 Å². The van der Waals surface area contributed by atoms with Gasteiger partial charge in [0.15, 0.2) is 0 Å². The van der Waals surface area contributed by atoms with Crippen molar-refractivity contribution in [2.45, 2.75) is 31.9 Å². The van der Waals surface area contributed by atoms with Crippen LogP contribution >= 0.6 is 24.0 Å². The van der Waals surface area contributed by atoms with Gasteiger partial charge in [-0.1, -0.05) is 29.1 Å². The summed E-state index contributed by atoms with van der Waals surface area (Å²) in [5, 5.41) is 6.16. The summed E-state index contributed by atoms with van der Waals surface area (Å²) in [6.07, 6.45) is 2.36. The lowest BCUT2D eigenvalue weighted by molar-refractivity contribution is -0.115. The molecule has 7 heteroatoms. The van der Waals surface area contributed by atoms with Crippen molar-refractivity contribution in [3.63, 3.8) is 0 Å². The number of thioether (sulfide) groups is 1. The fourth-order valence-electron chi connectivity index (χ4n) is 1.82. The van der Waals surface area contributed by atoms with Crippen molar-refractivity contribution in [1.29, 1.82) is 0 Å². The third-order valence-corrected chi connectivity index (χ3v) is 4.46. The van der Waals surface area contributed by atoms with Gasteiger partial charge >= 0.3 is 0 Å². The van der Waals surface area contributed by atoms with Crippen LogP contribution < -0.4 is 5.32 Å². The minimum Gasteiger partial charge on any atom is -0.358 e. The van der Waals surface area contributed by atoms with Crippen molar-refractivity contribution >= 4 is 40.1 Å². The predicted molar refractivity (Wildman–Crippen MR) is 80.3 cm³/mol. The van der Waals surface area contributed by atoms with Gasteiger partial charge in [-0.15, -0.1) is 0 Å². The molecule has 0 spiro atoms. The number of amides is 1. The van der Waals surface area contributed by atoms with Crippen molar-refractivity contribution in [1.82, 2.24) is 10.1 Å². The molecule has 2 heterocycles. The van der Waals surface area contributed by atoms with Gasteiger partial charge in [0.2, 0.25) is 11.8 Å². The number of nitrogens with zero attached hydrogens (tertiary/aromatic N) is 2. The van der Waals surface area contributed by atoms with Gasteiger partial charge in [-0.05, 0) is 26.7 Å². The first kappa shape index (κ1) is 14.3. The molecule has 1 aliphatic heterocycles. The number of aromatic nitrogens is 1. The molecule has 1 amide bonds. The van der Waals surface area contributed by atoms with E-state index in [9.17, 15) is 4.79 Å². The second-order valence-electron chi connectivity index (χ2n) is 4.54. The summed E-state index contributed by atoms with van der Waals surface area (Å²) in [6.45, 7) is 5.65. The second-order valence-corrected chi connectivity index (χ2v) is 6.52. The molecule has 1 aromatic rings. The average Bonchev–Trinajstić information content (AvgIpc) is 3.00. The molecule has 1 N–H and O–H groups in total. The average molecular weight is 299 g/mol. The van der Waals surface area contributed by atoms with E-state index in [0.29, 0.717) is 5.88 Å². The smallest absolute Gasteiger partial charge is 0.240 e. The summed E-state index contributed by atoms with van der Waals surface area (Å²) in [5.74, 6) is 0.254. The van der Waals surface area contributed by atoms with E-state index in [-0.39, 0.29) is 11.2 Å². The SMILES string of the molecule is Cc1cc(NC(=O)[C@H](C)SC(=S)N2CCCC2)on1. The summed E-state index contributed by atoms with van der Waals surface area (Å²) in [6, 6.07) is 1.69. The lowest BCUT2D eigenvalue weighted by Crippen LogP contribution is -2.29. The molecule has 1 aromatic heterocycles. The van der Waals surface area contributed by atoms with Gasteiger partial charge in [0, 0.05) is 19.2 Å². The summed E-state index contributed by atoms with van der Waals surface area (Å²) < 4.78 is 5.76. The minimum atomic E-state index is -0.251. The predicted octanol–water partition coefficient (Wildman–Crippen LogP) is 2.42. The first-order valence-electron chi connectivity index (χ1n) is 6.26. The number of carbonyl (C=O) groups is 1. The highest BCUT2D eigenvalue weighted by Gasteiger charge is 2.22. The fraction of sp³-hybridized carbons (Fsp3) is 0.583. The molecule has 1 aliphatic rings. The van der Waals surface area contributed by atoms with Gasteiger partial charge < -0.3 is 9.42 Å². The zero-order chi connectivity index (χ0) is 13.8. The number of rotatable bonds is 3. The molecule has 0 radical (unpaired) electrons. The Balaban J connectivity index is 1.83. The van der Waals surface area contributed by atoms with Gasteiger partial charge in [-0.2, -0.15) is 0 Å². The van der Waals surface area contributed by atoms with E-state index >= 15 is 0 Å². The highest BCUT2D eigenvalue weighted by Crippen LogP contribution is 2.21. The van der Waals surface area contributed by atoms with Crippen LogP contribution in [0.5, 0.6) is 0 Å². The molecule has 0 unspecified atom stereocenters. The summed E-state index contributed by atoms with van der Waals surface area (Å²) in [5.41, 5.74) is 0.739. The molecular weight excluding hydrogens is 282 g/mol. The largest absolute Gasteiger partial charge is 0.358 e. The van der Waals surface area contributed by atoms with Gasteiger partial charge in [0.1, 0.15) is 4.32 Å². The van der Waals surface area contributed by atoms with E-state index in [4.69, 9.17) is 16.7 Å². The molecule has 1 atom stereocenters. The fourth-order valence-corrected chi connectivity index (χ4v) is 3.24. The van der Waals surface area contributed by atoms with Crippen LogP contribution in [0.25, 0.3) is 0 Å². The Hall–Kier alpha value is -1.08. The Morgan fingerprint density at radius 2 is 2.26 bits per heavy atom. The van der Waals surface area contributed by atoms with E-state index in [0.717, 1.165) is 23.1 Å². The van der Waals surface area contributed by atoms with Gasteiger partial charge in [0.05, 0.1) is 10.9 Å². The molecule has 2 rings (SSSR count). The first-order valence-corrected chi connectivity index (χ1v) is 7.55. The van der Waals surface area contributed by atoms with Gasteiger partial charge in [-0.3, -0.25) is 10.1 Å². The topological polar surface area (TPSA) is 58.4 Å². The number of aryl methyl sites for hydroxylation is 1. The van der Waals surface area contributed by atoms with Crippen molar-refractivity contribution in [2.24, 2.45) is 0 Å². The van der Waals surface area contributed by atoms with E-state index < -0.39 is 0 Å². The molecular formula is C12H17N3O2S2. The van der Waals surface area contributed by atoms with Crippen molar-refractivity contribution < 1.29 is 9.32 Å². The maximum Gasteiger partial charge on any atom is 0.240 e. The van der Waals surface area contributed by atoms with Crippen molar-refractivity contribution in [2.75, 3.05) is 18.4 Å². The van der Waals surface area contributed by atoms with Crippen LogP contribution in [0.3, 0.4) is 0 Å². The van der Waals surface area contributed by atoms with E-state index in [1.54, 1.807) is 13.0 Å². The van der Waals surface area contributed by atoms with Crippen molar-refractivity contribution in [3.8, 4) is 0 Å². The molecule has 0 bridgehead atoms. The molecule has 19 heavy (non-hydrogen) atoms. The van der Waals surface area contributed by atoms with E-state index in [1.165, 1.54) is 24.6 Å². The van der Waals surface area contributed by atoms with Crippen LogP contribution in [-0.2, 0) is 4.79 Å². The highest BCUT2D eigenvalue weighted by molar-refractivity contribution is 8.23. The summed E-state index contributed by atoms with van der Waals surface area (Å²) >= 11 is 6.77. The third kappa shape index (κ3) is 3.94. The number of hydrogen-bond acceptors (Lipinski definition) is 5. The monoisotopic (exact) mass is 299 g/mol. The number of carbonyl (C=O) groups excluding carboxylic acids is 1. The minimum absolute atomic E-state index is 0.123. The van der Waals surface area contributed by atoms with Crippen LogP contribution in [0.4, 0.5) is 5.88 Å². The summed E-state index contributed by atoms with van der Waals surface area (Å²) in [4.78, 5) is 14.1.